The molecule has 1 aliphatic rings. The molecule has 2 heterocycles. The number of halogens is 1. The van der Waals surface area contributed by atoms with E-state index in [1.54, 1.807) is 36.8 Å². The molecule has 1 aromatic heterocycles. The lowest BCUT2D eigenvalue weighted by Gasteiger charge is -2.44. The van der Waals surface area contributed by atoms with Crippen molar-refractivity contribution in [1.82, 2.24) is 14.8 Å². The number of hydrogen-bond acceptors (Lipinski definition) is 3. The molecule has 2 rings (SSSR count). The molecular formula is C13H16ClN3O2. The van der Waals surface area contributed by atoms with Gasteiger partial charge in [-0.15, -0.1) is 0 Å². The number of pyridine rings is 1. The summed E-state index contributed by atoms with van der Waals surface area (Å²) in [6.45, 7) is 4.55. The number of carbonyl (C=O) groups excluding carboxylic acids is 2. The van der Waals surface area contributed by atoms with Gasteiger partial charge in [-0.25, -0.2) is 4.98 Å². The van der Waals surface area contributed by atoms with E-state index in [0.717, 1.165) is 0 Å². The first-order valence-corrected chi connectivity index (χ1v) is 6.41. The first kappa shape index (κ1) is 13.8. The summed E-state index contributed by atoms with van der Waals surface area (Å²) in [4.78, 5) is 31.7. The van der Waals surface area contributed by atoms with Gasteiger partial charge in [0, 0.05) is 31.9 Å². The predicted molar refractivity (Wildman–Crippen MR) is 72.0 cm³/mol. The number of carbonyl (C=O) groups is 2. The molecule has 0 atom stereocenters. The molecular weight excluding hydrogens is 266 g/mol. The predicted octanol–water partition coefficient (Wildman–Crippen LogP) is 1.43. The van der Waals surface area contributed by atoms with Crippen molar-refractivity contribution in [3.05, 3.63) is 29.0 Å². The Kier molecular flexibility index (Phi) is 3.49. The molecule has 0 bridgehead atoms. The zero-order chi connectivity index (χ0) is 14.2. The van der Waals surface area contributed by atoms with Crippen LogP contribution in [0.4, 0.5) is 0 Å². The fourth-order valence-electron chi connectivity index (χ4n) is 2.26. The molecule has 0 N–H and O–H groups in total. The molecule has 0 radical (unpaired) electrons. The van der Waals surface area contributed by atoms with Crippen molar-refractivity contribution in [3.8, 4) is 0 Å². The van der Waals surface area contributed by atoms with Crippen LogP contribution in [0, 0.1) is 0 Å². The van der Waals surface area contributed by atoms with Gasteiger partial charge in [-0.1, -0.05) is 11.6 Å². The molecule has 1 fully saturated rings. The van der Waals surface area contributed by atoms with Crippen molar-refractivity contribution in [2.45, 2.75) is 19.4 Å². The van der Waals surface area contributed by atoms with Crippen molar-refractivity contribution in [2.24, 2.45) is 0 Å². The summed E-state index contributed by atoms with van der Waals surface area (Å²) in [5.41, 5.74) is -0.398. The Labute approximate surface area is 117 Å². The van der Waals surface area contributed by atoms with Crippen LogP contribution in [-0.2, 0) is 4.79 Å². The summed E-state index contributed by atoms with van der Waals surface area (Å²) in [6, 6.07) is 3.12. The number of nitrogens with zero attached hydrogens (tertiary/aromatic N) is 3. The third kappa shape index (κ3) is 2.42. The van der Waals surface area contributed by atoms with Crippen molar-refractivity contribution in [3.63, 3.8) is 0 Å². The van der Waals surface area contributed by atoms with Crippen LogP contribution in [0.25, 0.3) is 0 Å². The number of piperazine rings is 1. The van der Waals surface area contributed by atoms with Crippen LogP contribution in [0.5, 0.6) is 0 Å². The lowest BCUT2D eigenvalue weighted by molar-refractivity contribution is -0.144. The molecule has 102 valence electrons. The van der Waals surface area contributed by atoms with Crippen LogP contribution in [0.2, 0.25) is 5.15 Å². The topological polar surface area (TPSA) is 53.5 Å². The first-order valence-electron chi connectivity index (χ1n) is 6.03. The van der Waals surface area contributed by atoms with Crippen molar-refractivity contribution in [1.29, 1.82) is 0 Å². The maximum atomic E-state index is 12.5. The van der Waals surface area contributed by atoms with Crippen LogP contribution in [-0.4, -0.2) is 52.3 Å². The van der Waals surface area contributed by atoms with Crippen LogP contribution in [0.15, 0.2) is 18.3 Å². The summed E-state index contributed by atoms with van der Waals surface area (Å²) in [7, 11) is 1.75. The minimum absolute atomic E-state index is 0.0627. The maximum absolute atomic E-state index is 12.5. The molecule has 0 saturated carbocycles. The van der Waals surface area contributed by atoms with Gasteiger partial charge in [0.1, 0.15) is 10.7 Å². The number of amides is 2. The highest BCUT2D eigenvalue weighted by molar-refractivity contribution is 6.29. The molecule has 1 saturated heterocycles. The van der Waals surface area contributed by atoms with Gasteiger partial charge in [0.05, 0.1) is 0 Å². The fraction of sp³-hybridized carbons (Fsp3) is 0.462. The van der Waals surface area contributed by atoms with Crippen molar-refractivity contribution in [2.75, 3.05) is 20.1 Å². The van der Waals surface area contributed by atoms with E-state index in [9.17, 15) is 9.59 Å². The first-order chi connectivity index (χ1) is 8.84. The Bertz CT molecular complexity index is 530. The van der Waals surface area contributed by atoms with E-state index in [1.165, 1.54) is 12.3 Å². The third-order valence-electron chi connectivity index (χ3n) is 3.42. The van der Waals surface area contributed by atoms with E-state index in [-0.39, 0.29) is 17.0 Å². The second-order valence-electron chi connectivity index (χ2n) is 5.11. The molecule has 0 unspecified atom stereocenters. The highest BCUT2D eigenvalue weighted by Gasteiger charge is 2.43. The highest BCUT2D eigenvalue weighted by Crippen LogP contribution is 2.24. The summed E-state index contributed by atoms with van der Waals surface area (Å²) in [5.74, 6) is -0.261. The lowest BCUT2D eigenvalue weighted by atomic mass is 9.96. The van der Waals surface area contributed by atoms with E-state index < -0.39 is 5.54 Å². The Hall–Kier alpha value is -1.62. The van der Waals surface area contributed by atoms with Crippen LogP contribution < -0.4 is 0 Å². The van der Waals surface area contributed by atoms with Gasteiger partial charge in [-0.3, -0.25) is 9.59 Å². The standard InChI is InChI=1S/C13H16ClN3O2/c1-13(2)12(19)16(3)6-7-17(13)11(18)9-4-5-15-10(14)8-9/h4-5,8H,6-7H2,1-3H3. The van der Waals surface area contributed by atoms with E-state index >= 15 is 0 Å². The SMILES string of the molecule is CN1CCN(C(=O)c2ccnc(Cl)c2)C(C)(C)C1=O. The molecule has 19 heavy (non-hydrogen) atoms. The molecule has 1 aromatic rings. The minimum atomic E-state index is -0.847. The zero-order valence-corrected chi connectivity index (χ0v) is 11.9. The quantitative estimate of drug-likeness (QED) is 0.732. The molecule has 2 amide bonds. The molecule has 0 aliphatic carbocycles. The van der Waals surface area contributed by atoms with Crippen LogP contribution in [0.1, 0.15) is 24.2 Å². The summed E-state index contributed by atoms with van der Waals surface area (Å²) < 4.78 is 0. The van der Waals surface area contributed by atoms with E-state index in [4.69, 9.17) is 11.6 Å². The molecule has 1 aliphatic heterocycles. The van der Waals surface area contributed by atoms with Crippen LogP contribution in [0.3, 0.4) is 0 Å². The minimum Gasteiger partial charge on any atom is -0.342 e. The van der Waals surface area contributed by atoms with E-state index in [0.29, 0.717) is 18.7 Å². The molecule has 6 heteroatoms. The van der Waals surface area contributed by atoms with Gasteiger partial charge >= 0.3 is 0 Å². The molecule has 0 spiro atoms. The number of rotatable bonds is 1. The Morgan fingerprint density at radius 2 is 2.11 bits per heavy atom. The van der Waals surface area contributed by atoms with Crippen LogP contribution >= 0.6 is 11.6 Å². The summed E-state index contributed by atoms with van der Waals surface area (Å²) in [6.07, 6.45) is 1.49. The number of likely N-dealkylation sites (N-methyl/N-ethyl adjacent to an activating group) is 1. The van der Waals surface area contributed by atoms with Gasteiger partial charge in [-0.05, 0) is 26.0 Å². The largest absolute Gasteiger partial charge is 0.342 e. The van der Waals surface area contributed by atoms with Crippen molar-refractivity contribution < 1.29 is 9.59 Å². The highest BCUT2D eigenvalue weighted by atomic mass is 35.5. The second kappa shape index (κ2) is 4.81. The number of aromatic nitrogens is 1. The van der Waals surface area contributed by atoms with Gasteiger partial charge < -0.3 is 9.80 Å². The molecule has 5 nitrogen and oxygen atoms in total. The Morgan fingerprint density at radius 1 is 1.42 bits per heavy atom. The maximum Gasteiger partial charge on any atom is 0.254 e. The van der Waals surface area contributed by atoms with Gasteiger partial charge in [-0.2, -0.15) is 0 Å². The fourth-order valence-corrected chi connectivity index (χ4v) is 2.43. The Balaban J connectivity index is 2.31. The average Bonchev–Trinajstić information content (AvgIpc) is 2.35. The van der Waals surface area contributed by atoms with Gasteiger partial charge in [0.15, 0.2) is 0 Å². The third-order valence-corrected chi connectivity index (χ3v) is 3.63. The van der Waals surface area contributed by atoms with Gasteiger partial charge in [0.25, 0.3) is 5.91 Å². The average molecular weight is 282 g/mol. The van der Waals surface area contributed by atoms with E-state index in [1.807, 2.05) is 0 Å². The van der Waals surface area contributed by atoms with Crippen molar-refractivity contribution >= 4 is 23.4 Å². The monoisotopic (exact) mass is 281 g/mol. The lowest BCUT2D eigenvalue weighted by Crippen LogP contribution is -2.63. The Morgan fingerprint density at radius 3 is 2.74 bits per heavy atom. The summed E-state index contributed by atoms with van der Waals surface area (Å²) in [5, 5.41) is 0.268. The second-order valence-corrected chi connectivity index (χ2v) is 5.50. The summed E-state index contributed by atoms with van der Waals surface area (Å²) >= 11 is 5.79. The van der Waals surface area contributed by atoms with Gasteiger partial charge in [0.2, 0.25) is 5.91 Å². The van der Waals surface area contributed by atoms with E-state index in [2.05, 4.69) is 4.98 Å². The normalized spacial score (nSPS) is 18.6. The molecule has 0 aromatic carbocycles. The zero-order valence-electron chi connectivity index (χ0n) is 11.2. The smallest absolute Gasteiger partial charge is 0.254 e. The number of hydrogen-bond donors (Lipinski definition) is 0.